The van der Waals surface area contributed by atoms with Crippen molar-refractivity contribution < 1.29 is 9.26 Å². The van der Waals surface area contributed by atoms with Gasteiger partial charge in [-0.3, -0.25) is 0 Å². The highest BCUT2D eigenvalue weighted by Gasteiger charge is 2.21. The average Bonchev–Trinajstić information content (AvgIpc) is 3.13. The molecule has 0 amide bonds. The Morgan fingerprint density at radius 1 is 1.50 bits per heavy atom. The van der Waals surface area contributed by atoms with Gasteiger partial charge in [-0.05, 0) is 25.0 Å². The molecule has 1 N–H and O–H groups in total. The lowest BCUT2D eigenvalue weighted by Crippen LogP contribution is -2.16. The zero-order chi connectivity index (χ0) is 12.4. The molecule has 0 bridgehead atoms. The molecule has 2 heterocycles. The highest BCUT2D eigenvalue weighted by atomic mass is 16.5. The van der Waals surface area contributed by atoms with E-state index in [1.165, 1.54) is 12.8 Å². The number of pyridine rings is 1. The first-order valence-electron chi connectivity index (χ1n) is 5.92. The van der Waals surface area contributed by atoms with Gasteiger partial charge in [0.05, 0.1) is 13.7 Å². The molecule has 6 heteroatoms. The fourth-order valence-corrected chi connectivity index (χ4v) is 1.67. The van der Waals surface area contributed by atoms with E-state index in [9.17, 15) is 0 Å². The third-order valence-corrected chi connectivity index (χ3v) is 2.79. The Morgan fingerprint density at radius 2 is 2.39 bits per heavy atom. The van der Waals surface area contributed by atoms with Crippen LogP contribution in [0.2, 0.25) is 0 Å². The van der Waals surface area contributed by atoms with Crippen molar-refractivity contribution >= 4 is 0 Å². The molecule has 0 aliphatic heterocycles. The molecule has 2 aromatic heterocycles. The van der Waals surface area contributed by atoms with Crippen molar-refractivity contribution in [3.63, 3.8) is 0 Å². The van der Waals surface area contributed by atoms with Crippen LogP contribution in [0.25, 0.3) is 11.5 Å². The summed E-state index contributed by atoms with van der Waals surface area (Å²) in [5.74, 6) is 1.58. The molecular formula is C12H14N4O2. The van der Waals surface area contributed by atoms with Crippen molar-refractivity contribution in [1.82, 2.24) is 20.4 Å². The largest absolute Gasteiger partial charge is 0.480 e. The lowest BCUT2D eigenvalue weighted by Gasteiger charge is -2.01. The molecule has 0 spiro atoms. The van der Waals surface area contributed by atoms with Gasteiger partial charge in [0.2, 0.25) is 5.88 Å². The van der Waals surface area contributed by atoms with E-state index >= 15 is 0 Å². The molecule has 2 aromatic rings. The van der Waals surface area contributed by atoms with Crippen LogP contribution in [0.4, 0.5) is 0 Å². The SMILES string of the molecule is COc1ncccc1-c1nc(CNC2CC2)no1. The lowest BCUT2D eigenvalue weighted by atomic mass is 10.3. The molecule has 0 saturated heterocycles. The summed E-state index contributed by atoms with van der Waals surface area (Å²) < 4.78 is 10.4. The van der Waals surface area contributed by atoms with E-state index in [-0.39, 0.29) is 0 Å². The van der Waals surface area contributed by atoms with Crippen LogP contribution >= 0.6 is 0 Å². The number of ether oxygens (including phenoxy) is 1. The van der Waals surface area contributed by atoms with E-state index in [0.29, 0.717) is 35.7 Å². The molecule has 6 nitrogen and oxygen atoms in total. The fraction of sp³-hybridized carbons (Fsp3) is 0.417. The quantitative estimate of drug-likeness (QED) is 0.859. The Balaban J connectivity index is 1.78. The van der Waals surface area contributed by atoms with Gasteiger partial charge in [0.1, 0.15) is 5.56 Å². The van der Waals surface area contributed by atoms with E-state index in [2.05, 4.69) is 20.4 Å². The molecule has 1 fully saturated rings. The Morgan fingerprint density at radius 3 is 3.17 bits per heavy atom. The summed E-state index contributed by atoms with van der Waals surface area (Å²) in [6, 6.07) is 4.28. The molecular weight excluding hydrogens is 232 g/mol. The number of rotatable bonds is 5. The van der Waals surface area contributed by atoms with Gasteiger partial charge >= 0.3 is 0 Å². The number of methoxy groups -OCH3 is 1. The van der Waals surface area contributed by atoms with Crippen LogP contribution in [-0.2, 0) is 6.54 Å². The Hall–Kier alpha value is -1.95. The van der Waals surface area contributed by atoms with E-state index in [1.54, 1.807) is 13.3 Å². The molecule has 1 aliphatic rings. The molecule has 1 saturated carbocycles. The van der Waals surface area contributed by atoms with E-state index in [4.69, 9.17) is 9.26 Å². The molecule has 0 aromatic carbocycles. The molecule has 18 heavy (non-hydrogen) atoms. The van der Waals surface area contributed by atoms with Crippen LogP contribution in [0.5, 0.6) is 5.88 Å². The van der Waals surface area contributed by atoms with Crippen molar-refractivity contribution in [3.8, 4) is 17.3 Å². The number of nitrogens with one attached hydrogen (secondary N) is 1. The van der Waals surface area contributed by atoms with E-state index in [0.717, 1.165) is 0 Å². The maximum Gasteiger partial charge on any atom is 0.263 e. The second-order valence-corrected chi connectivity index (χ2v) is 4.23. The fourth-order valence-electron chi connectivity index (χ4n) is 1.67. The molecule has 0 radical (unpaired) electrons. The van der Waals surface area contributed by atoms with Crippen LogP contribution in [0.3, 0.4) is 0 Å². The Bertz CT molecular complexity index is 536. The van der Waals surface area contributed by atoms with Crippen LogP contribution in [0.15, 0.2) is 22.9 Å². The topological polar surface area (TPSA) is 73.1 Å². The minimum absolute atomic E-state index is 0.438. The molecule has 94 valence electrons. The van der Waals surface area contributed by atoms with Crippen molar-refractivity contribution in [2.75, 3.05) is 7.11 Å². The first-order chi connectivity index (χ1) is 8.86. The third kappa shape index (κ3) is 2.33. The van der Waals surface area contributed by atoms with Gasteiger partial charge in [-0.15, -0.1) is 0 Å². The summed E-state index contributed by atoms with van der Waals surface area (Å²) in [7, 11) is 1.57. The average molecular weight is 246 g/mol. The number of hydrogen-bond acceptors (Lipinski definition) is 6. The molecule has 0 atom stereocenters. The predicted octanol–water partition coefficient (Wildman–Crippen LogP) is 1.39. The van der Waals surface area contributed by atoms with Gasteiger partial charge in [-0.1, -0.05) is 5.16 Å². The van der Waals surface area contributed by atoms with Crippen LogP contribution in [0.1, 0.15) is 18.7 Å². The first kappa shape index (κ1) is 11.2. The summed E-state index contributed by atoms with van der Waals surface area (Å²) in [6.07, 6.45) is 4.14. The third-order valence-electron chi connectivity index (χ3n) is 2.79. The predicted molar refractivity (Wildman–Crippen MR) is 63.9 cm³/mol. The second kappa shape index (κ2) is 4.73. The highest BCUT2D eigenvalue weighted by Crippen LogP contribution is 2.26. The number of hydrogen-bond donors (Lipinski definition) is 1. The summed E-state index contributed by atoms with van der Waals surface area (Å²) in [4.78, 5) is 8.43. The van der Waals surface area contributed by atoms with Crippen LogP contribution < -0.4 is 10.1 Å². The Kier molecular flexibility index (Phi) is 2.93. The first-order valence-corrected chi connectivity index (χ1v) is 5.92. The van der Waals surface area contributed by atoms with Gasteiger partial charge in [0.25, 0.3) is 5.89 Å². The van der Waals surface area contributed by atoms with Gasteiger partial charge in [-0.2, -0.15) is 4.98 Å². The lowest BCUT2D eigenvalue weighted by molar-refractivity contribution is 0.390. The minimum Gasteiger partial charge on any atom is -0.480 e. The van der Waals surface area contributed by atoms with Crippen LogP contribution in [-0.4, -0.2) is 28.3 Å². The summed E-state index contributed by atoms with van der Waals surface area (Å²) in [5, 5.41) is 7.27. The van der Waals surface area contributed by atoms with Gasteiger partial charge in [0.15, 0.2) is 5.82 Å². The van der Waals surface area contributed by atoms with E-state index in [1.807, 2.05) is 12.1 Å². The minimum atomic E-state index is 0.438. The van der Waals surface area contributed by atoms with Crippen molar-refractivity contribution in [1.29, 1.82) is 0 Å². The Labute approximate surface area is 104 Å². The summed E-state index contributed by atoms with van der Waals surface area (Å²) in [6.45, 7) is 0.636. The maximum atomic E-state index is 5.22. The number of nitrogens with zero attached hydrogens (tertiary/aromatic N) is 3. The maximum absolute atomic E-state index is 5.22. The normalized spacial score (nSPS) is 14.7. The van der Waals surface area contributed by atoms with E-state index < -0.39 is 0 Å². The second-order valence-electron chi connectivity index (χ2n) is 4.23. The van der Waals surface area contributed by atoms with Crippen LogP contribution in [0, 0.1) is 0 Å². The summed E-state index contributed by atoms with van der Waals surface area (Å²) in [5.41, 5.74) is 0.713. The monoisotopic (exact) mass is 246 g/mol. The van der Waals surface area contributed by atoms with Gasteiger partial charge < -0.3 is 14.6 Å². The highest BCUT2D eigenvalue weighted by molar-refractivity contribution is 5.59. The van der Waals surface area contributed by atoms with Crippen molar-refractivity contribution in [3.05, 3.63) is 24.2 Å². The van der Waals surface area contributed by atoms with Crippen molar-refractivity contribution in [2.24, 2.45) is 0 Å². The standard InChI is InChI=1S/C12H14N4O2/c1-17-11-9(3-2-6-13-11)12-15-10(16-18-12)7-14-8-4-5-8/h2-3,6,8,14H,4-5,7H2,1H3. The number of aromatic nitrogens is 3. The van der Waals surface area contributed by atoms with Gasteiger partial charge in [-0.25, -0.2) is 4.98 Å². The zero-order valence-corrected chi connectivity index (χ0v) is 10.1. The smallest absolute Gasteiger partial charge is 0.263 e. The molecule has 1 aliphatic carbocycles. The van der Waals surface area contributed by atoms with Gasteiger partial charge in [0, 0.05) is 12.2 Å². The van der Waals surface area contributed by atoms with Crippen molar-refractivity contribution in [2.45, 2.75) is 25.4 Å². The summed E-state index contributed by atoms with van der Waals surface area (Å²) >= 11 is 0. The molecule has 3 rings (SSSR count). The molecule has 0 unspecified atom stereocenters. The zero-order valence-electron chi connectivity index (χ0n) is 10.1.